The van der Waals surface area contributed by atoms with Crippen LogP contribution in [-0.4, -0.2) is 30.8 Å². The number of hydrogen-bond acceptors (Lipinski definition) is 4. The Bertz CT molecular complexity index is 373. The Balaban J connectivity index is 2.40. The van der Waals surface area contributed by atoms with Crippen LogP contribution in [0.2, 0.25) is 0 Å². The molecule has 2 atom stereocenters. The highest BCUT2D eigenvalue weighted by Gasteiger charge is 2.13. The van der Waals surface area contributed by atoms with E-state index in [1.807, 2.05) is 6.92 Å². The molecule has 2 unspecified atom stereocenters. The van der Waals surface area contributed by atoms with Gasteiger partial charge in [-0.1, -0.05) is 6.92 Å². The molecule has 102 valence electrons. The molecule has 5 nitrogen and oxygen atoms in total. The van der Waals surface area contributed by atoms with Gasteiger partial charge in [0.15, 0.2) is 5.76 Å². The van der Waals surface area contributed by atoms with Gasteiger partial charge >= 0.3 is 0 Å². The van der Waals surface area contributed by atoms with Crippen molar-refractivity contribution in [2.24, 2.45) is 5.92 Å². The zero-order chi connectivity index (χ0) is 13.5. The van der Waals surface area contributed by atoms with Crippen molar-refractivity contribution in [3.63, 3.8) is 0 Å². The Hall–Kier alpha value is -1.33. The van der Waals surface area contributed by atoms with Crippen molar-refractivity contribution in [3.8, 4) is 0 Å². The summed E-state index contributed by atoms with van der Waals surface area (Å²) >= 11 is 0. The van der Waals surface area contributed by atoms with Gasteiger partial charge < -0.3 is 19.6 Å². The van der Waals surface area contributed by atoms with Crippen molar-refractivity contribution in [2.45, 2.75) is 33.0 Å². The molecule has 0 aliphatic rings. The molecule has 0 fully saturated rings. The van der Waals surface area contributed by atoms with Crippen LogP contribution in [0.1, 0.15) is 36.6 Å². The Morgan fingerprint density at radius 1 is 1.50 bits per heavy atom. The fourth-order valence-corrected chi connectivity index (χ4v) is 1.74. The molecule has 1 aromatic rings. The van der Waals surface area contributed by atoms with Crippen LogP contribution in [0.3, 0.4) is 0 Å². The van der Waals surface area contributed by atoms with E-state index in [9.17, 15) is 9.90 Å². The average molecular weight is 255 g/mol. The topological polar surface area (TPSA) is 71.7 Å². The van der Waals surface area contributed by atoms with Crippen LogP contribution < -0.4 is 5.32 Å². The second-order valence-corrected chi connectivity index (χ2v) is 4.60. The van der Waals surface area contributed by atoms with Crippen molar-refractivity contribution in [1.29, 1.82) is 0 Å². The van der Waals surface area contributed by atoms with Crippen molar-refractivity contribution in [2.75, 3.05) is 13.7 Å². The highest BCUT2D eigenvalue weighted by atomic mass is 16.5. The first-order valence-electron chi connectivity index (χ1n) is 6.06. The van der Waals surface area contributed by atoms with Crippen LogP contribution in [0.4, 0.5) is 0 Å². The summed E-state index contributed by atoms with van der Waals surface area (Å²) in [4.78, 5) is 11.7. The van der Waals surface area contributed by atoms with Crippen LogP contribution in [0.5, 0.6) is 0 Å². The minimum absolute atomic E-state index is 0.224. The first-order valence-corrected chi connectivity index (χ1v) is 6.06. The molecule has 5 heteroatoms. The lowest BCUT2D eigenvalue weighted by Gasteiger charge is -2.13. The maximum absolute atomic E-state index is 11.7. The molecule has 0 saturated carbocycles. The van der Waals surface area contributed by atoms with Gasteiger partial charge in [-0.2, -0.15) is 0 Å². The fourth-order valence-electron chi connectivity index (χ4n) is 1.74. The van der Waals surface area contributed by atoms with E-state index in [1.165, 1.54) is 0 Å². The van der Waals surface area contributed by atoms with Crippen LogP contribution in [-0.2, 0) is 11.3 Å². The zero-order valence-electron chi connectivity index (χ0n) is 11.1. The zero-order valence-corrected chi connectivity index (χ0v) is 11.1. The normalized spacial score (nSPS) is 14.2. The van der Waals surface area contributed by atoms with E-state index in [4.69, 9.17) is 9.15 Å². The summed E-state index contributed by atoms with van der Waals surface area (Å²) in [5.74, 6) is 0.892. The van der Waals surface area contributed by atoms with Crippen molar-refractivity contribution in [3.05, 3.63) is 23.7 Å². The highest BCUT2D eigenvalue weighted by molar-refractivity contribution is 5.91. The van der Waals surface area contributed by atoms with Gasteiger partial charge in [0.05, 0.1) is 6.10 Å². The molecule has 0 aromatic carbocycles. The minimum atomic E-state index is -0.353. The predicted octanol–water partition coefficient (Wildman–Crippen LogP) is 1.56. The lowest BCUT2D eigenvalue weighted by Crippen LogP contribution is -2.29. The Kier molecular flexibility index (Phi) is 5.88. The second-order valence-electron chi connectivity index (χ2n) is 4.60. The van der Waals surface area contributed by atoms with E-state index in [0.29, 0.717) is 25.3 Å². The molecular weight excluding hydrogens is 234 g/mol. The highest BCUT2D eigenvalue weighted by Crippen LogP contribution is 2.09. The Labute approximate surface area is 107 Å². The molecule has 0 saturated heterocycles. The third kappa shape index (κ3) is 4.89. The van der Waals surface area contributed by atoms with Crippen LogP contribution in [0.15, 0.2) is 16.5 Å². The number of carbonyl (C=O) groups is 1. The van der Waals surface area contributed by atoms with E-state index in [0.717, 1.165) is 0 Å². The summed E-state index contributed by atoms with van der Waals surface area (Å²) in [6, 6.07) is 3.35. The van der Waals surface area contributed by atoms with E-state index in [1.54, 1.807) is 26.2 Å². The molecule has 0 spiro atoms. The number of ether oxygens (including phenoxy) is 1. The largest absolute Gasteiger partial charge is 0.453 e. The summed E-state index contributed by atoms with van der Waals surface area (Å²) in [6.45, 7) is 4.59. The number of furan rings is 1. The molecule has 0 bridgehead atoms. The number of aliphatic hydroxyl groups excluding tert-OH is 1. The number of nitrogens with one attached hydrogen (secondary N) is 1. The summed E-state index contributed by atoms with van der Waals surface area (Å²) < 4.78 is 10.2. The molecule has 0 aliphatic heterocycles. The van der Waals surface area contributed by atoms with E-state index in [-0.39, 0.29) is 23.7 Å². The van der Waals surface area contributed by atoms with E-state index < -0.39 is 0 Å². The minimum Gasteiger partial charge on any atom is -0.453 e. The molecular formula is C13H21NO4. The molecule has 18 heavy (non-hydrogen) atoms. The molecule has 1 heterocycles. The van der Waals surface area contributed by atoms with Crippen molar-refractivity contribution < 1.29 is 19.1 Å². The number of carbonyl (C=O) groups excluding carboxylic acids is 1. The third-order valence-electron chi connectivity index (χ3n) is 2.53. The van der Waals surface area contributed by atoms with Crippen LogP contribution >= 0.6 is 0 Å². The summed E-state index contributed by atoms with van der Waals surface area (Å²) in [7, 11) is 1.57. The van der Waals surface area contributed by atoms with Gasteiger partial charge in [-0.25, -0.2) is 0 Å². The smallest absolute Gasteiger partial charge is 0.287 e. The van der Waals surface area contributed by atoms with Gasteiger partial charge in [-0.15, -0.1) is 0 Å². The van der Waals surface area contributed by atoms with Gasteiger partial charge in [-0.05, 0) is 31.4 Å². The SMILES string of the molecule is COCc1ccc(C(=O)NCC(C)CC(C)O)o1. The van der Waals surface area contributed by atoms with Gasteiger partial charge in [0, 0.05) is 13.7 Å². The number of methoxy groups -OCH3 is 1. The molecule has 1 amide bonds. The lowest BCUT2D eigenvalue weighted by molar-refractivity contribution is 0.0903. The Morgan fingerprint density at radius 2 is 2.22 bits per heavy atom. The van der Waals surface area contributed by atoms with Gasteiger partial charge in [0.25, 0.3) is 5.91 Å². The number of rotatable bonds is 7. The van der Waals surface area contributed by atoms with Crippen molar-refractivity contribution in [1.82, 2.24) is 5.32 Å². The standard InChI is InChI=1S/C13H21NO4/c1-9(6-10(2)15)7-14-13(16)12-5-4-11(18-12)8-17-3/h4-5,9-10,15H,6-8H2,1-3H3,(H,14,16). The van der Waals surface area contributed by atoms with Crippen molar-refractivity contribution >= 4 is 5.91 Å². The maximum Gasteiger partial charge on any atom is 0.287 e. The molecule has 1 rings (SSSR count). The van der Waals surface area contributed by atoms with Gasteiger partial charge in [0.2, 0.25) is 0 Å². The number of aliphatic hydroxyl groups is 1. The lowest BCUT2D eigenvalue weighted by atomic mass is 10.0. The van der Waals surface area contributed by atoms with E-state index >= 15 is 0 Å². The van der Waals surface area contributed by atoms with Gasteiger partial charge in [-0.3, -0.25) is 4.79 Å². The Morgan fingerprint density at radius 3 is 2.83 bits per heavy atom. The third-order valence-corrected chi connectivity index (χ3v) is 2.53. The number of amides is 1. The molecule has 0 aliphatic carbocycles. The first kappa shape index (κ1) is 14.7. The fraction of sp³-hybridized carbons (Fsp3) is 0.615. The van der Waals surface area contributed by atoms with E-state index in [2.05, 4.69) is 5.32 Å². The molecule has 0 radical (unpaired) electrons. The van der Waals surface area contributed by atoms with Crippen LogP contribution in [0.25, 0.3) is 0 Å². The summed E-state index contributed by atoms with van der Waals surface area (Å²) in [5, 5.41) is 12.0. The average Bonchev–Trinajstić information content (AvgIpc) is 2.74. The molecule has 2 N–H and O–H groups in total. The maximum atomic E-state index is 11.7. The predicted molar refractivity (Wildman–Crippen MR) is 67.2 cm³/mol. The van der Waals surface area contributed by atoms with Crippen LogP contribution in [0, 0.1) is 5.92 Å². The first-order chi connectivity index (χ1) is 8.52. The summed E-state index contributed by atoms with van der Waals surface area (Å²) in [6.07, 6.45) is 0.307. The number of hydrogen-bond donors (Lipinski definition) is 2. The quantitative estimate of drug-likeness (QED) is 0.775. The van der Waals surface area contributed by atoms with Gasteiger partial charge in [0.1, 0.15) is 12.4 Å². The monoisotopic (exact) mass is 255 g/mol. The molecule has 1 aromatic heterocycles. The summed E-state index contributed by atoms with van der Waals surface area (Å²) in [5.41, 5.74) is 0. The second kappa shape index (κ2) is 7.18.